The zero-order valence-electron chi connectivity index (χ0n) is 6.73. The van der Waals surface area contributed by atoms with E-state index < -0.39 is 5.97 Å². The van der Waals surface area contributed by atoms with E-state index in [-0.39, 0.29) is 5.76 Å². The van der Waals surface area contributed by atoms with Crippen LogP contribution in [0.2, 0.25) is 0 Å². The highest BCUT2D eigenvalue weighted by molar-refractivity contribution is 7.80. The summed E-state index contributed by atoms with van der Waals surface area (Å²) < 4.78 is 0. The van der Waals surface area contributed by atoms with Crippen LogP contribution >= 0.6 is 12.2 Å². The van der Waals surface area contributed by atoms with Crippen molar-refractivity contribution in [1.82, 2.24) is 0 Å². The molecular formula is C9H8O3S. The molecule has 1 rings (SSSR count). The fourth-order valence-corrected chi connectivity index (χ4v) is 1.20. The first-order chi connectivity index (χ1) is 6.09. The van der Waals surface area contributed by atoms with Gasteiger partial charge in [0.25, 0.3) is 0 Å². The molecule has 0 aromatic carbocycles. The van der Waals surface area contributed by atoms with Gasteiger partial charge in [0, 0.05) is 17.4 Å². The topological polar surface area (TPSA) is 57.5 Å². The zero-order valence-corrected chi connectivity index (χ0v) is 7.54. The van der Waals surface area contributed by atoms with Crippen LogP contribution < -0.4 is 0 Å². The highest BCUT2D eigenvalue weighted by Gasteiger charge is 2.08. The van der Waals surface area contributed by atoms with Crippen LogP contribution in [-0.4, -0.2) is 21.0 Å². The van der Waals surface area contributed by atoms with Crippen molar-refractivity contribution in [3.05, 3.63) is 35.6 Å². The summed E-state index contributed by atoms with van der Waals surface area (Å²) in [6, 6.07) is 0. The average Bonchev–Trinajstić information content (AvgIpc) is 2.02. The first-order valence-corrected chi connectivity index (χ1v) is 4.04. The van der Waals surface area contributed by atoms with Crippen molar-refractivity contribution in [1.29, 1.82) is 0 Å². The number of carboxylic acid groups (broad SMARTS) is 1. The SMILES string of the molecule is O=C(O)C=CC1=CC=C(O)CC1=S. The largest absolute Gasteiger partial charge is 0.512 e. The van der Waals surface area contributed by atoms with Crippen LogP contribution in [0.1, 0.15) is 6.42 Å². The fourth-order valence-electron chi connectivity index (χ4n) is 0.914. The minimum Gasteiger partial charge on any atom is -0.512 e. The third kappa shape index (κ3) is 2.83. The highest BCUT2D eigenvalue weighted by Crippen LogP contribution is 2.15. The van der Waals surface area contributed by atoms with Crippen molar-refractivity contribution in [3.63, 3.8) is 0 Å². The lowest BCUT2D eigenvalue weighted by Crippen LogP contribution is -2.04. The van der Waals surface area contributed by atoms with Gasteiger partial charge < -0.3 is 10.2 Å². The molecule has 13 heavy (non-hydrogen) atoms. The van der Waals surface area contributed by atoms with Crippen LogP contribution in [0.4, 0.5) is 0 Å². The number of allylic oxidation sites excluding steroid dienone is 5. The van der Waals surface area contributed by atoms with Gasteiger partial charge in [0.05, 0.1) is 5.76 Å². The number of aliphatic hydroxyl groups excluding tert-OH is 1. The molecule has 0 atom stereocenters. The molecule has 0 fully saturated rings. The predicted octanol–water partition coefficient (Wildman–Crippen LogP) is 1.77. The molecule has 2 N–H and O–H groups in total. The molecule has 0 aliphatic heterocycles. The van der Waals surface area contributed by atoms with Crippen molar-refractivity contribution in [2.45, 2.75) is 6.42 Å². The molecule has 0 unspecified atom stereocenters. The Hall–Kier alpha value is -1.42. The summed E-state index contributed by atoms with van der Waals surface area (Å²) in [5.74, 6) is -0.806. The molecule has 0 spiro atoms. The molecule has 4 heteroatoms. The summed E-state index contributed by atoms with van der Waals surface area (Å²) in [6.07, 6.45) is 5.87. The third-order valence-corrected chi connectivity index (χ3v) is 1.90. The van der Waals surface area contributed by atoms with Gasteiger partial charge in [0.1, 0.15) is 0 Å². The van der Waals surface area contributed by atoms with Gasteiger partial charge in [0.2, 0.25) is 0 Å². The first-order valence-electron chi connectivity index (χ1n) is 3.63. The zero-order chi connectivity index (χ0) is 9.84. The van der Waals surface area contributed by atoms with E-state index in [1.54, 1.807) is 6.08 Å². The molecule has 68 valence electrons. The number of rotatable bonds is 2. The van der Waals surface area contributed by atoms with Crippen molar-refractivity contribution < 1.29 is 15.0 Å². The maximum Gasteiger partial charge on any atom is 0.328 e. The van der Waals surface area contributed by atoms with E-state index in [1.807, 2.05) is 0 Å². The van der Waals surface area contributed by atoms with Crippen molar-refractivity contribution >= 4 is 23.1 Å². The van der Waals surface area contributed by atoms with Crippen LogP contribution in [0.15, 0.2) is 35.6 Å². The van der Waals surface area contributed by atoms with Crippen LogP contribution in [0.5, 0.6) is 0 Å². The van der Waals surface area contributed by atoms with E-state index in [1.165, 1.54) is 12.2 Å². The van der Waals surface area contributed by atoms with E-state index in [2.05, 4.69) is 0 Å². The molecular weight excluding hydrogens is 188 g/mol. The summed E-state index contributed by atoms with van der Waals surface area (Å²) >= 11 is 4.94. The highest BCUT2D eigenvalue weighted by atomic mass is 32.1. The van der Waals surface area contributed by atoms with Crippen molar-refractivity contribution in [2.75, 3.05) is 0 Å². The summed E-state index contributed by atoms with van der Waals surface area (Å²) in [6.45, 7) is 0. The van der Waals surface area contributed by atoms with Gasteiger partial charge >= 0.3 is 5.97 Å². The van der Waals surface area contributed by atoms with E-state index >= 15 is 0 Å². The Kier molecular flexibility index (Phi) is 2.97. The molecule has 0 saturated carbocycles. The molecule has 0 heterocycles. The van der Waals surface area contributed by atoms with Gasteiger partial charge in [-0.05, 0) is 17.7 Å². The smallest absolute Gasteiger partial charge is 0.328 e. The summed E-state index contributed by atoms with van der Waals surface area (Å²) in [4.78, 5) is 10.7. The van der Waals surface area contributed by atoms with Crippen LogP contribution in [0.25, 0.3) is 0 Å². The van der Waals surface area contributed by atoms with Gasteiger partial charge in [0.15, 0.2) is 0 Å². The first kappa shape index (κ1) is 9.67. The van der Waals surface area contributed by atoms with E-state index in [0.717, 1.165) is 6.08 Å². The van der Waals surface area contributed by atoms with E-state index in [9.17, 15) is 4.79 Å². The lowest BCUT2D eigenvalue weighted by molar-refractivity contribution is -0.131. The fraction of sp³-hybridized carbons (Fsp3) is 0.111. The van der Waals surface area contributed by atoms with Crippen LogP contribution in [0.3, 0.4) is 0 Å². The molecule has 1 aliphatic carbocycles. The summed E-state index contributed by atoms with van der Waals surface area (Å²) in [7, 11) is 0. The maximum atomic E-state index is 10.2. The monoisotopic (exact) mass is 196 g/mol. The Morgan fingerprint density at radius 2 is 2.23 bits per heavy atom. The number of hydrogen-bond acceptors (Lipinski definition) is 3. The second kappa shape index (κ2) is 4.00. The van der Waals surface area contributed by atoms with Gasteiger partial charge in [-0.3, -0.25) is 0 Å². The second-order valence-corrected chi connectivity index (χ2v) is 3.04. The third-order valence-electron chi connectivity index (χ3n) is 1.52. The molecule has 0 saturated heterocycles. The summed E-state index contributed by atoms with van der Waals surface area (Å²) in [5.41, 5.74) is 0.662. The van der Waals surface area contributed by atoms with Crippen LogP contribution in [-0.2, 0) is 4.79 Å². The lowest BCUT2D eigenvalue weighted by Gasteiger charge is -2.08. The van der Waals surface area contributed by atoms with Gasteiger partial charge in [-0.25, -0.2) is 4.79 Å². The number of aliphatic carboxylic acids is 1. The van der Waals surface area contributed by atoms with E-state index in [0.29, 0.717) is 16.9 Å². The minimum atomic E-state index is -1.01. The molecule has 0 aromatic heterocycles. The summed E-state index contributed by atoms with van der Waals surface area (Å²) in [5, 5.41) is 17.4. The Morgan fingerprint density at radius 3 is 2.77 bits per heavy atom. The predicted molar refractivity (Wildman–Crippen MR) is 52.8 cm³/mol. The quantitative estimate of drug-likeness (QED) is 0.522. The Bertz CT molecular complexity index is 337. The Balaban J connectivity index is 2.81. The Labute approximate surface area is 80.7 Å². The minimum absolute atomic E-state index is 0.206. The lowest BCUT2D eigenvalue weighted by atomic mass is 10.0. The Morgan fingerprint density at radius 1 is 1.54 bits per heavy atom. The molecule has 0 radical (unpaired) electrons. The molecule has 1 aliphatic rings. The van der Waals surface area contributed by atoms with Crippen molar-refractivity contribution in [3.8, 4) is 0 Å². The molecule has 0 bridgehead atoms. The van der Waals surface area contributed by atoms with Gasteiger partial charge in [-0.15, -0.1) is 0 Å². The molecule has 3 nitrogen and oxygen atoms in total. The van der Waals surface area contributed by atoms with Gasteiger partial charge in [-0.2, -0.15) is 0 Å². The second-order valence-electron chi connectivity index (χ2n) is 2.55. The normalized spacial score (nSPS) is 17.1. The number of aliphatic hydroxyl groups is 1. The molecule has 0 aromatic rings. The number of carboxylic acids is 1. The standard InChI is InChI=1S/C9H8O3S/c10-7-3-1-6(8(13)5-7)2-4-9(11)12/h1-4,10H,5H2,(H,11,12). The van der Waals surface area contributed by atoms with Crippen molar-refractivity contribution in [2.24, 2.45) is 0 Å². The van der Waals surface area contributed by atoms with E-state index in [4.69, 9.17) is 22.4 Å². The average molecular weight is 196 g/mol. The van der Waals surface area contributed by atoms with Gasteiger partial charge in [-0.1, -0.05) is 18.3 Å². The number of hydrogen-bond donors (Lipinski definition) is 2. The number of carbonyl (C=O) groups is 1. The molecule has 0 amide bonds. The maximum absolute atomic E-state index is 10.2. The number of thiocarbonyl (C=S) groups is 1. The van der Waals surface area contributed by atoms with Crippen LogP contribution in [0, 0.1) is 0 Å².